The van der Waals surface area contributed by atoms with Gasteiger partial charge in [0.25, 0.3) is 0 Å². The zero-order valence-electron chi connectivity index (χ0n) is 10.1. The molecule has 0 aliphatic rings. The molecule has 0 atom stereocenters. The Morgan fingerprint density at radius 1 is 1.07 bits per heavy atom. The van der Waals surface area contributed by atoms with Crippen LogP contribution in [0, 0.1) is 10.8 Å². The second-order valence-electron chi connectivity index (χ2n) is 5.30. The van der Waals surface area contributed by atoms with Gasteiger partial charge in [-0.25, -0.2) is 4.39 Å². The first-order valence-electron chi connectivity index (χ1n) is 4.91. The zero-order valence-corrected chi connectivity index (χ0v) is 10.1. The van der Waals surface area contributed by atoms with Gasteiger partial charge in [-0.2, -0.15) is 0 Å². The lowest BCUT2D eigenvalue weighted by molar-refractivity contribution is -0.135. The topological polar surface area (TPSA) is 34.1 Å². The number of hydrogen-bond donors (Lipinski definition) is 0. The number of Topliss-reactive ketones (excluding diaryl/α,β-unsaturated/α-hetero) is 2. The van der Waals surface area contributed by atoms with Crippen LogP contribution in [-0.4, -0.2) is 11.6 Å². The van der Waals surface area contributed by atoms with Crippen molar-refractivity contribution in [2.75, 3.05) is 0 Å². The second kappa shape index (κ2) is 4.25. The third-order valence-electron chi connectivity index (χ3n) is 2.53. The van der Waals surface area contributed by atoms with Crippen LogP contribution in [0.3, 0.4) is 0 Å². The van der Waals surface area contributed by atoms with Gasteiger partial charge < -0.3 is 0 Å². The summed E-state index contributed by atoms with van der Waals surface area (Å²) < 4.78 is 13.0. The third-order valence-corrected chi connectivity index (χ3v) is 2.53. The number of ketones is 2. The molecule has 3 heteroatoms. The number of allylic oxidation sites excluding steroid dienone is 1. The summed E-state index contributed by atoms with van der Waals surface area (Å²) >= 11 is 0. The van der Waals surface area contributed by atoms with Crippen LogP contribution in [0.1, 0.15) is 41.0 Å². The van der Waals surface area contributed by atoms with E-state index in [4.69, 9.17) is 0 Å². The average molecular weight is 214 g/mol. The van der Waals surface area contributed by atoms with Crippen LogP contribution >= 0.6 is 0 Å². The maximum Gasteiger partial charge on any atom is 0.152 e. The predicted molar refractivity (Wildman–Crippen MR) is 58.1 cm³/mol. The van der Waals surface area contributed by atoms with E-state index in [2.05, 4.69) is 6.58 Å². The zero-order chi connectivity index (χ0) is 12.4. The van der Waals surface area contributed by atoms with Crippen LogP contribution in [0.5, 0.6) is 0 Å². The molecular weight excluding hydrogens is 195 g/mol. The highest BCUT2D eigenvalue weighted by molar-refractivity contribution is 6.04. The van der Waals surface area contributed by atoms with E-state index >= 15 is 0 Å². The molecule has 0 radical (unpaired) electrons. The third kappa shape index (κ3) is 3.57. The smallest absolute Gasteiger partial charge is 0.152 e. The summed E-state index contributed by atoms with van der Waals surface area (Å²) in [4.78, 5) is 23.2. The fourth-order valence-corrected chi connectivity index (χ4v) is 0.783. The Bertz CT molecular complexity index is 295. The van der Waals surface area contributed by atoms with E-state index in [1.807, 2.05) is 0 Å². The Balaban J connectivity index is 4.66. The van der Waals surface area contributed by atoms with Gasteiger partial charge in [0.05, 0.1) is 11.8 Å². The monoisotopic (exact) mass is 214 g/mol. The SMILES string of the molecule is C=C(F)C(C)(C)C(=O)CC(=O)C(C)(C)C. The molecule has 86 valence electrons. The van der Waals surface area contributed by atoms with Gasteiger partial charge >= 0.3 is 0 Å². The highest BCUT2D eigenvalue weighted by atomic mass is 19.1. The van der Waals surface area contributed by atoms with Crippen LogP contribution in [0.15, 0.2) is 12.4 Å². The molecule has 0 spiro atoms. The fraction of sp³-hybridized carbons (Fsp3) is 0.667. The van der Waals surface area contributed by atoms with Crippen molar-refractivity contribution in [1.82, 2.24) is 0 Å². The van der Waals surface area contributed by atoms with Crippen molar-refractivity contribution in [2.45, 2.75) is 41.0 Å². The molecule has 0 N–H and O–H groups in total. The average Bonchev–Trinajstić information content (AvgIpc) is 2.01. The standard InChI is InChI=1S/C12H19FO2/c1-8(13)12(5,6)10(15)7-9(14)11(2,3)4/h1,7H2,2-6H3. The normalized spacial score (nSPS) is 12.4. The van der Waals surface area contributed by atoms with Crippen LogP contribution < -0.4 is 0 Å². The van der Waals surface area contributed by atoms with E-state index < -0.39 is 22.4 Å². The van der Waals surface area contributed by atoms with Gasteiger partial charge in [0.2, 0.25) is 0 Å². The van der Waals surface area contributed by atoms with Gasteiger partial charge in [-0.05, 0) is 13.8 Å². The van der Waals surface area contributed by atoms with E-state index in [0.29, 0.717) is 0 Å². The Morgan fingerprint density at radius 2 is 1.47 bits per heavy atom. The molecule has 0 aromatic heterocycles. The number of carbonyl (C=O) groups is 2. The van der Waals surface area contributed by atoms with E-state index in [0.717, 1.165) is 0 Å². The molecule has 2 nitrogen and oxygen atoms in total. The molecule has 15 heavy (non-hydrogen) atoms. The van der Waals surface area contributed by atoms with Crippen molar-refractivity contribution in [3.63, 3.8) is 0 Å². The summed E-state index contributed by atoms with van der Waals surface area (Å²) in [6.07, 6.45) is -0.237. The Morgan fingerprint density at radius 3 is 1.73 bits per heavy atom. The highest BCUT2D eigenvalue weighted by Crippen LogP contribution is 2.30. The lowest BCUT2D eigenvalue weighted by Crippen LogP contribution is -2.31. The molecule has 0 aromatic carbocycles. The molecule has 0 bridgehead atoms. The van der Waals surface area contributed by atoms with Crippen molar-refractivity contribution in [2.24, 2.45) is 10.8 Å². The first-order chi connectivity index (χ1) is 6.49. The second-order valence-corrected chi connectivity index (χ2v) is 5.30. The van der Waals surface area contributed by atoms with Crippen molar-refractivity contribution in [3.8, 4) is 0 Å². The summed E-state index contributed by atoms with van der Waals surface area (Å²) in [6, 6.07) is 0. The number of carbonyl (C=O) groups excluding carboxylic acids is 2. The van der Waals surface area contributed by atoms with Crippen LogP contribution in [0.25, 0.3) is 0 Å². The molecule has 0 aliphatic heterocycles. The fourth-order valence-electron chi connectivity index (χ4n) is 0.783. The van der Waals surface area contributed by atoms with Crippen LogP contribution in [0.2, 0.25) is 0 Å². The van der Waals surface area contributed by atoms with Crippen molar-refractivity contribution in [1.29, 1.82) is 0 Å². The molecule has 0 fully saturated rings. The Labute approximate surface area is 90.6 Å². The molecule has 0 amide bonds. The minimum atomic E-state index is -1.26. The summed E-state index contributed by atoms with van der Waals surface area (Å²) in [6.45, 7) is 11.2. The first kappa shape index (κ1) is 14.0. The van der Waals surface area contributed by atoms with Gasteiger partial charge in [0.15, 0.2) is 5.78 Å². The quantitative estimate of drug-likeness (QED) is 0.674. The molecule has 0 heterocycles. The Hall–Kier alpha value is -0.990. The summed E-state index contributed by atoms with van der Waals surface area (Å²) in [5.74, 6) is -1.30. The van der Waals surface area contributed by atoms with Crippen molar-refractivity contribution >= 4 is 11.6 Å². The van der Waals surface area contributed by atoms with E-state index in [1.165, 1.54) is 13.8 Å². The lowest BCUT2D eigenvalue weighted by Gasteiger charge is -2.22. The maximum absolute atomic E-state index is 13.0. The van der Waals surface area contributed by atoms with Gasteiger partial charge in [-0.1, -0.05) is 27.4 Å². The summed E-state index contributed by atoms with van der Waals surface area (Å²) in [5.41, 5.74) is -1.83. The minimum absolute atomic E-state index is 0.179. The molecule has 0 saturated carbocycles. The van der Waals surface area contributed by atoms with E-state index in [1.54, 1.807) is 20.8 Å². The molecule has 0 rings (SSSR count). The van der Waals surface area contributed by atoms with E-state index in [-0.39, 0.29) is 12.2 Å². The summed E-state index contributed by atoms with van der Waals surface area (Å²) in [5, 5.41) is 0. The largest absolute Gasteiger partial charge is 0.299 e. The molecule has 0 aliphatic carbocycles. The van der Waals surface area contributed by atoms with Crippen LogP contribution in [0.4, 0.5) is 4.39 Å². The van der Waals surface area contributed by atoms with Crippen molar-refractivity contribution < 1.29 is 14.0 Å². The Kier molecular flexibility index (Phi) is 3.97. The minimum Gasteiger partial charge on any atom is -0.299 e. The maximum atomic E-state index is 13.0. The number of halogens is 1. The van der Waals surface area contributed by atoms with Crippen LogP contribution in [-0.2, 0) is 9.59 Å². The van der Waals surface area contributed by atoms with Crippen molar-refractivity contribution in [3.05, 3.63) is 12.4 Å². The van der Waals surface area contributed by atoms with Gasteiger partial charge in [0, 0.05) is 5.41 Å². The van der Waals surface area contributed by atoms with Gasteiger partial charge in [0.1, 0.15) is 11.6 Å². The number of hydrogen-bond acceptors (Lipinski definition) is 2. The summed E-state index contributed by atoms with van der Waals surface area (Å²) in [7, 11) is 0. The molecule has 0 aromatic rings. The first-order valence-corrected chi connectivity index (χ1v) is 4.91. The molecule has 0 saturated heterocycles. The number of rotatable bonds is 4. The lowest BCUT2D eigenvalue weighted by atomic mass is 9.80. The predicted octanol–water partition coefficient (Wildman–Crippen LogP) is 3.07. The molecular formula is C12H19FO2. The highest BCUT2D eigenvalue weighted by Gasteiger charge is 2.34. The van der Waals surface area contributed by atoms with Gasteiger partial charge in [-0.3, -0.25) is 9.59 Å². The van der Waals surface area contributed by atoms with E-state index in [9.17, 15) is 14.0 Å². The van der Waals surface area contributed by atoms with Gasteiger partial charge in [-0.15, -0.1) is 0 Å². The molecule has 0 unspecified atom stereocenters.